The van der Waals surface area contributed by atoms with E-state index in [1.165, 1.54) is 27.6 Å². The van der Waals surface area contributed by atoms with Gasteiger partial charge < -0.3 is 14.1 Å². The molecule has 0 N–H and O–H groups in total. The topological polar surface area (TPSA) is 97.1 Å². The molecule has 0 aliphatic carbocycles. The first-order valence-corrected chi connectivity index (χ1v) is 16.5. The lowest BCUT2D eigenvalue weighted by atomic mass is 10.1. The molecule has 2 heterocycles. The van der Waals surface area contributed by atoms with Gasteiger partial charge in [-0.15, -0.1) is 0 Å². The lowest BCUT2D eigenvalue weighted by Crippen LogP contribution is -2.46. The Labute approximate surface area is 247 Å². The summed E-state index contributed by atoms with van der Waals surface area (Å²) in [6.45, 7) is 2.41. The Morgan fingerprint density at radius 3 is 2.48 bits per heavy atom. The molecule has 10 heteroatoms. The summed E-state index contributed by atoms with van der Waals surface area (Å²) in [6, 6.07) is 12.6. The molecule has 4 rings (SSSR count). The fraction of sp³-hybridized carbons (Fsp3) is 0.500. The van der Waals surface area contributed by atoms with E-state index < -0.39 is 21.7 Å². The third-order valence-corrected chi connectivity index (χ3v) is 9.51. The Balaban J connectivity index is 1.55. The number of carbonyl (C=O) groups is 1. The molecule has 8 nitrogen and oxygen atoms in total. The molecule has 0 bridgehead atoms. The molecule has 0 saturated carbocycles. The van der Waals surface area contributed by atoms with Crippen LogP contribution in [0, 0.1) is 5.82 Å². The Morgan fingerprint density at radius 2 is 1.74 bits per heavy atom. The van der Waals surface area contributed by atoms with E-state index in [1.54, 1.807) is 36.4 Å². The molecule has 1 aliphatic rings. The first-order chi connectivity index (χ1) is 20.3. The number of ether oxygens (including phenoxy) is 1. The SMILES string of the molecule is CCCCCCCCS(=O)(=O)N(CC(=O)N(Cc1ccc(F)cc1)Cc1coc2ccccc2c1=O)CC1CCCO1. The molecule has 0 radical (unpaired) electrons. The number of benzene rings is 2. The maximum Gasteiger partial charge on any atom is 0.238 e. The second kappa shape index (κ2) is 15.4. The number of rotatable bonds is 16. The van der Waals surface area contributed by atoms with E-state index in [0.29, 0.717) is 29.6 Å². The van der Waals surface area contributed by atoms with Gasteiger partial charge in [-0.05, 0) is 49.1 Å². The minimum absolute atomic E-state index is 0.0364. The summed E-state index contributed by atoms with van der Waals surface area (Å²) in [7, 11) is -3.74. The normalized spacial score (nSPS) is 15.5. The maximum atomic E-state index is 13.8. The summed E-state index contributed by atoms with van der Waals surface area (Å²) in [6.07, 6.45) is 8.30. The van der Waals surface area contributed by atoms with Crippen LogP contribution < -0.4 is 5.43 Å². The molecule has 1 aromatic heterocycles. The highest BCUT2D eigenvalue weighted by molar-refractivity contribution is 7.89. The van der Waals surface area contributed by atoms with Gasteiger partial charge in [0.05, 0.1) is 42.2 Å². The predicted octanol–water partition coefficient (Wildman–Crippen LogP) is 5.63. The van der Waals surface area contributed by atoms with Crippen LogP contribution in [0.1, 0.15) is 69.4 Å². The number of nitrogens with zero attached hydrogens (tertiary/aromatic N) is 2. The molecule has 1 atom stereocenters. The Kier molecular flexibility index (Phi) is 11.7. The van der Waals surface area contributed by atoms with E-state index >= 15 is 0 Å². The number of fused-ring (bicyclic) bond motifs is 1. The van der Waals surface area contributed by atoms with Crippen molar-refractivity contribution in [1.29, 1.82) is 0 Å². The molecule has 228 valence electrons. The van der Waals surface area contributed by atoms with Gasteiger partial charge in [0.1, 0.15) is 11.4 Å². The van der Waals surface area contributed by atoms with E-state index in [1.807, 2.05) is 0 Å². The van der Waals surface area contributed by atoms with Crippen molar-refractivity contribution in [2.24, 2.45) is 0 Å². The second-order valence-corrected chi connectivity index (χ2v) is 13.1. The third kappa shape index (κ3) is 8.96. The molecule has 42 heavy (non-hydrogen) atoms. The van der Waals surface area contributed by atoms with Gasteiger partial charge in [0.2, 0.25) is 15.9 Å². The molecular weight excluding hydrogens is 559 g/mol. The van der Waals surface area contributed by atoms with Gasteiger partial charge >= 0.3 is 0 Å². The van der Waals surface area contributed by atoms with Gasteiger partial charge in [0.25, 0.3) is 0 Å². The number of hydrogen-bond acceptors (Lipinski definition) is 6. The first kappa shape index (κ1) is 31.8. The lowest BCUT2D eigenvalue weighted by molar-refractivity contribution is -0.132. The molecule has 1 amide bonds. The van der Waals surface area contributed by atoms with Crippen LogP contribution in [0.15, 0.2) is 64.0 Å². The average Bonchev–Trinajstić information content (AvgIpc) is 3.50. The van der Waals surface area contributed by atoms with Crippen molar-refractivity contribution in [3.63, 3.8) is 0 Å². The Morgan fingerprint density at radius 1 is 1.00 bits per heavy atom. The minimum atomic E-state index is -3.74. The zero-order valence-electron chi connectivity index (χ0n) is 24.3. The van der Waals surface area contributed by atoms with Gasteiger partial charge in [-0.3, -0.25) is 9.59 Å². The van der Waals surface area contributed by atoms with Crippen LogP contribution >= 0.6 is 0 Å². The number of para-hydroxylation sites is 1. The number of halogens is 1. The van der Waals surface area contributed by atoms with E-state index in [2.05, 4.69) is 6.92 Å². The van der Waals surface area contributed by atoms with Crippen LogP contribution in [0.25, 0.3) is 11.0 Å². The maximum absolute atomic E-state index is 13.8. The van der Waals surface area contributed by atoms with Crippen molar-refractivity contribution in [1.82, 2.24) is 9.21 Å². The first-order valence-electron chi connectivity index (χ1n) is 14.9. The summed E-state index contributed by atoms with van der Waals surface area (Å²) < 4.78 is 53.3. The number of sulfonamides is 1. The van der Waals surface area contributed by atoms with Crippen molar-refractivity contribution >= 4 is 26.9 Å². The van der Waals surface area contributed by atoms with Crippen LogP contribution in [0.3, 0.4) is 0 Å². The molecule has 3 aromatic rings. The van der Waals surface area contributed by atoms with Crippen molar-refractivity contribution in [2.45, 2.75) is 77.5 Å². The zero-order chi connectivity index (χ0) is 30.0. The van der Waals surface area contributed by atoms with E-state index in [0.717, 1.165) is 44.9 Å². The highest BCUT2D eigenvalue weighted by Crippen LogP contribution is 2.19. The van der Waals surface area contributed by atoms with Crippen LogP contribution in [0.5, 0.6) is 0 Å². The van der Waals surface area contributed by atoms with Crippen molar-refractivity contribution in [3.05, 3.63) is 82.0 Å². The van der Waals surface area contributed by atoms with Crippen molar-refractivity contribution in [3.8, 4) is 0 Å². The van der Waals surface area contributed by atoms with Crippen molar-refractivity contribution in [2.75, 3.05) is 25.4 Å². The molecule has 0 spiro atoms. The standard InChI is InChI=1S/C32H41FN2O6S/c1-2-3-4-5-6-9-19-42(38,39)35(22-28-11-10-18-40-28)23-31(36)34(20-25-14-16-27(33)17-15-25)21-26-24-41-30-13-8-7-12-29(30)32(26)37/h7-8,12-17,24,28H,2-6,9-11,18-23H2,1H3. The van der Waals surface area contributed by atoms with Gasteiger partial charge in [-0.1, -0.05) is 63.3 Å². The van der Waals surface area contributed by atoms with E-state index in [4.69, 9.17) is 9.15 Å². The molecular formula is C32H41FN2O6S. The summed E-state index contributed by atoms with van der Waals surface area (Å²) in [5, 5.41) is 0.394. The number of unbranched alkanes of at least 4 members (excludes halogenated alkanes) is 5. The molecule has 2 aromatic carbocycles. The van der Waals surface area contributed by atoms with Crippen LogP contribution in [0.2, 0.25) is 0 Å². The Bertz CT molecular complexity index is 1470. The molecule has 1 unspecified atom stereocenters. The number of amides is 1. The third-order valence-electron chi connectivity index (χ3n) is 7.64. The van der Waals surface area contributed by atoms with Gasteiger partial charge in [0.15, 0.2) is 5.43 Å². The summed E-state index contributed by atoms with van der Waals surface area (Å²) in [5.41, 5.74) is 1.09. The van der Waals surface area contributed by atoms with Crippen LogP contribution in [0.4, 0.5) is 4.39 Å². The molecule has 1 saturated heterocycles. The molecule has 1 fully saturated rings. The average molecular weight is 601 g/mol. The van der Waals surface area contributed by atoms with Gasteiger partial charge in [-0.25, -0.2) is 12.8 Å². The summed E-state index contributed by atoms with van der Waals surface area (Å²) in [4.78, 5) is 28.5. The second-order valence-electron chi connectivity index (χ2n) is 11.0. The number of hydrogen-bond donors (Lipinski definition) is 0. The largest absolute Gasteiger partial charge is 0.464 e. The monoisotopic (exact) mass is 600 g/mol. The fourth-order valence-corrected chi connectivity index (χ4v) is 6.74. The van der Waals surface area contributed by atoms with Crippen LogP contribution in [-0.4, -0.2) is 55.1 Å². The lowest BCUT2D eigenvalue weighted by Gasteiger charge is -2.28. The highest BCUT2D eigenvalue weighted by atomic mass is 32.2. The smallest absolute Gasteiger partial charge is 0.238 e. The Hall–Kier alpha value is -3.08. The highest BCUT2D eigenvalue weighted by Gasteiger charge is 2.31. The van der Waals surface area contributed by atoms with Crippen LogP contribution in [-0.2, 0) is 32.6 Å². The fourth-order valence-electron chi connectivity index (χ4n) is 5.21. The van der Waals surface area contributed by atoms with E-state index in [-0.39, 0.29) is 49.0 Å². The quantitative estimate of drug-likeness (QED) is 0.198. The summed E-state index contributed by atoms with van der Waals surface area (Å²) in [5.74, 6) is -0.905. The number of carbonyl (C=O) groups excluding carboxylic acids is 1. The zero-order valence-corrected chi connectivity index (χ0v) is 25.1. The predicted molar refractivity (Wildman–Crippen MR) is 161 cm³/mol. The van der Waals surface area contributed by atoms with Gasteiger partial charge in [-0.2, -0.15) is 4.31 Å². The van der Waals surface area contributed by atoms with Gasteiger partial charge in [0, 0.05) is 19.7 Å². The van der Waals surface area contributed by atoms with E-state index in [9.17, 15) is 22.4 Å². The summed E-state index contributed by atoms with van der Waals surface area (Å²) >= 11 is 0. The minimum Gasteiger partial charge on any atom is -0.464 e. The molecule has 1 aliphatic heterocycles. The van der Waals surface area contributed by atoms with Crippen molar-refractivity contribution < 1.29 is 26.8 Å².